The molecule has 1 aliphatic heterocycles. The average molecular weight is 358 g/mol. The van der Waals surface area contributed by atoms with Crippen LogP contribution in [0.3, 0.4) is 0 Å². The van der Waals surface area contributed by atoms with E-state index in [4.69, 9.17) is 11.6 Å². The van der Waals surface area contributed by atoms with Crippen molar-refractivity contribution in [3.63, 3.8) is 0 Å². The molecule has 0 radical (unpaired) electrons. The number of carbonyl (C=O) groups is 2. The number of benzene rings is 2. The first-order chi connectivity index (χ1) is 12.0. The van der Waals surface area contributed by atoms with Crippen molar-refractivity contribution in [1.82, 2.24) is 5.32 Å². The van der Waals surface area contributed by atoms with Crippen molar-refractivity contribution in [2.75, 3.05) is 16.8 Å². The molecule has 3 amide bonds. The molecule has 0 saturated carbocycles. The van der Waals surface area contributed by atoms with Crippen LogP contribution in [-0.4, -0.2) is 18.5 Å². The van der Waals surface area contributed by atoms with E-state index in [0.717, 1.165) is 29.8 Å². The zero-order valence-corrected chi connectivity index (χ0v) is 14.8. The Bertz CT molecular complexity index is 790. The highest BCUT2D eigenvalue weighted by Gasteiger charge is 2.22. The highest BCUT2D eigenvalue weighted by Crippen LogP contribution is 2.27. The first-order valence-electron chi connectivity index (χ1n) is 8.23. The maximum Gasteiger partial charge on any atom is 0.319 e. The monoisotopic (exact) mass is 357 g/mol. The van der Waals surface area contributed by atoms with Crippen molar-refractivity contribution in [3.05, 3.63) is 58.6 Å². The fraction of sp³-hybridized carbons (Fsp3) is 0.263. The summed E-state index contributed by atoms with van der Waals surface area (Å²) in [6, 6.07) is 12.6. The first kappa shape index (κ1) is 17.3. The summed E-state index contributed by atoms with van der Waals surface area (Å²) in [4.78, 5) is 25.7. The molecular formula is C19H20ClN3O2. The van der Waals surface area contributed by atoms with Crippen LogP contribution in [0.2, 0.25) is 5.02 Å². The van der Waals surface area contributed by atoms with Gasteiger partial charge in [0.25, 0.3) is 0 Å². The van der Waals surface area contributed by atoms with E-state index < -0.39 is 0 Å². The van der Waals surface area contributed by atoms with E-state index in [9.17, 15) is 9.59 Å². The molecule has 0 spiro atoms. The van der Waals surface area contributed by atoms with E-state index in [-0.39, 0.29) is 11.9 Å². The maximum absolute atomic E-state index is 12.0. The minimum atomic E-state index is -0.278. The molecule has 1 heterocycles. The predicted octanol–water partition coefficient (Wildman–Crippen LogP) is 4.10. The van der Waals surface area contributed by atoms with E-state index >= 15 is 0 Å². The standard InChI is InChI=1S/C19H20ClN3O2/c1-13-11-16(8-9-17(13)23-10-2-3-18(23)24)22-19(25)21-12-14-4-6-15(20)7-5-14/h4-9,11H,2-3,10,12H2,1H3,(H2,21,22,25). The number of hydrogen-bond donors (Lipinski definition) is 2. The Kier molecular flexibility index (Phi) is 5.24. The van der Waals surface area contributed by atoms with E-state index in [1.807, 2.05) is 37.3 Å². The minimum Gasteiger partial charge on any atom is -0.334 e. The largest absolute Gasteiger partial charge is 0.334 e. The van der Waals surface area contributed by atoms with E-state index in [1.54, 1.807) is 17.0 Å². The van der Waals surface area contributed by atoms with Gasteiger partial charge in [0.1, 0.15) is 0 Å². The number of aryl methyl sites for hydroxylation is 1. The molecule has 6 heteroatoms. The number of nitrogens with zero attached hydrogens (tertiary/aromatic N) is 1. The summed E-state index contributed by atoms with van der Waals surface area (Å²) in [5.41, 5.74) is 3.54. The van der Waals surface area contributed by atoms with Gasteiger partial charge < -0.3 is 15.5 Å². The van der Waals surface area contributed by atoms with Gasteiger partial charge in [0.15, 0.2) is 0 Å². The van der Waals surface area contributed by atoms with Gasteiger partial charge >= 0.3 is 6.03 Å². The van der Waals surface area contributed by atoms with Gasteiger partial charge in [-0.15, -0.1) is 0 Å². The number of urea groups is 1. The SMILES string of the molecule is Cc1cc(NC(=O)NCc2ccc(Cl)cc2)ccc1N1CCCC1=O. The number of halogens is 1. The summed E-state index contributed by atoms with van der Waals surface area (Å²) in [6.07, 6.45) is 1.50. The highest BCUT2D eigenvalue weighted by molar-refractivity contribution is 6.30. The van der Waals surface area contributed by atoms with Crippen LogP contribution in [0.5, 0.6) is 0 Å². The normalized spacial score (nSPS) is 13.8. The van der Waals surface area contributed by atoms with Gasteiger partial charge in [-0.3, -0.25) is 4.79 Å². The van der Waals surface area contributed by atoms with Crippen molar-refractivity contribution >= 4 is 34.9 Å². The van der Waals surface area contributed by atoms with Crippen molar-refractivity contribution < 1.29 is 9.59 Å². The lowest BCUT2D eigenvalue weighted by Gasteiger charge is -2.19. The van der Waals surface area contributed by atoms with Crippen LogP contribution in [0, 0.1) is 6.92 Å². The minimum absolute atomic E-state index is 0.157. The topological polar surface area (TPSA) is 61.4 Å². The Morgan fingerprint density at radius 3 is 2.60 bits per heavy atom. The Balaban J connectivity index is 1.58. The van der Waals surface area contributed by atoms with Gasteiger partial charge in [-0.1, -0.05) is 23.7 Å². The molecule has 130 valence electrons. The second-order valence-corrected chi connectivity index (χ2v) is 6.52. The van der Waals surface area contributed by atoms with Crippen LogP contribution in [0.4, 0.5) is 16.2 Å². The van der Waals surface area contributed by atoms with Crippen LogP contribution in [0.15, 0.2) is 42.5 Å². The first-order valence-corrected chi connectivity index (χ1v) is 8.61. The molecule has 1 aliphatic rings. The van der Waals surface area contributed by atoms with Crippen molar-refractivity contribution in [2.24, 2.45) is 0 Å². The smallest absolute Gasteiger partial charge is 0.319 e. The number of amides is 3. The zero-order chi connectivity index (χ0) is 17.8. The quantitative estimate of drug-likeness (QED) is 0.865. The summed E-state index contributed by atoms with van der Waals surface area (Å²) in [6.45, 7) is 3.12. The molecule has 2 aromatic rings. The lowest BCUT2D eigenvalue weighted by atomic mass is 10.1. The zero-order valence-electron chi connectivity index (χ0n) is 14.0. The molecule has 1 fully saturated rings. The average Bonchev–Trinajstić information content (AvgIpc) is 3.00. The van der Waals surface area contributed by atoms with E-state index in [0.29, 0.717) is 23.7 Å². The van der Waals surface area contributed by atoms with Gasteiger partial charge in [0, 0.05) is 35.9 Å². The highest BCUT2D eigenvalue weighted by atomic mass is 35.5. The molecule has 0 bridgehead atoms. The van der Waals surface area contributed by atoms with E-state index in [2.05, 4.69) is 10.6 Å². The van der Waals surface area contributed by atoms with Crippen LogP contribution in [0.25, 0.3) is 0 Å². The number of anilines is 2. The molecule has 0 atom stereocenters. The number of carbonyl (C=O) groups excluding carboxylic acids is 2. The van der Waals surface area contributed by atoms with Crippen molar-refractivity contribution in [3.8, 4) is 0 Å². The van der Waals surface area contributed by atoms with Crippen LogP contribution < -0.4 is 15.5 Å². The lowest BCUT2D eigenvalue weighted by molar-refractivity contribution is -0.117. The fourth-order valence-corrected chi connectivity index (χ4v) is 3.02. The van der Waals surface area contributed by atoms with Gasteiger partial charge in [-0.05, 0) is 54.8 Å². The van der Waals surface area contributed by atoms with Crippen LogP contribution >= 0.6 is 11.6 Å². The molecule has 2 aromatic carbocycles. The van der Waals surface area contributed by atoms with Gasteiger partial charge in [0.05, 0.1) is 0 Å². The van der Waals surface area contributed by atoms with Gasteiger partial charge in [-0.25, -0.2) is 4.79 Å². The second-order valence-electron chi connectivity index (χ2n) is 6.08. The third-order valence-electron chi connectivity index (χ3n) is 4.19. The summed E-state index contributed by atoms with van der Waals surface area (Å²) in [7, 11) is 0. The van der Waals surface area contributed by atoms with Crippen LogP contribution in [0.1, 0.15) is 24.0 Å². The van der Waals surface area contributed by atoms with Gasteiger partial charge in [-0.2, -0.15) is 0 Å². The summed E-state index contributed by atoms with van der Waals surface area (Å²) < 4.78 is 0. The second kappa shape index (κ2) is 7.57. The summed E-state index contributed by atoms with van der Waals surface area (Å²) in [5, 5.41) is 6.29. The molecule has 0 unspecified atom stereocenters. The van der Waals surface area contributed by atoms with Crippen molar-refractivity contribution in [2.45, 2.75) is 26.3 Å². The summed E-state index contributed by atoms with van der Waals surface area (Å²) in [5.74, 6) is 0.157. The number of rotatable bonds is 4. The van der Waals surface area contributed by atoms with E-state index in [1.165, 1.54) is 0 Å². The molecule has 2 N–H and O–H groups in total. The number of nitrogens with one attached hydrogen (secondary N) is 2. The molecule has 5 nitrogen and oxygen atoms in total. The molecule has 3 rings (SSSR count). The fourth-order valence-electron chi connectivity index (χ4n) is 2.90. The molecule has 25 heavy (non-hydrogen) atoms. The van der Waals surface area contributed by atoms with Crippen LogP contribution in [-0.2, 0) is 11.3 Å². The number of hydrogen-bond acceptors (Lipinski definition) is 2. The Morgan fingerprint density at radius 1 is 1.20 bits per heavy atom. The van der Waals surface area contributed by atoms with Crippen molar-refractivity contribution in [1.29, 1.82) is 0 Å². The summed E-state index contributed by atoms with van der Waals surface area (Å²) >= 11 is 5.84. The Hall–Kier alpha value is -2.53. The molecular weight excluding hydrogens is 338 g/mol. The third kappa shape index (κ3) is 4.31. The van der Waals surface area contributed by atoms with Gasteiger partial charge in [0.2, 0.25) is 5.91 Å². The molecule has 0 aliphatic carbocycles. The lowest BCUT2D eigenvalue weighted by Crippen LogP contribution is -2.28. The Morgan fingerprint density at radius 2 is 1.96 bits per heavy atom. The Labute approximate surface area is 152 Å². The molecule has 1 saturated heterocycles. The predicted molar refractivity (Wildman–Crippen MR) is 100 cm³/mol. The maximum atomic E-state index is 12.0. The molecule has 0 aromatic heterocycles. The third-order valence-corrected chi connectivity index (χ3v) is 4.44.